The summed E-state index contributed by atoms with van der Waals surface area (Å²) in [5.74, 6) is -0.129. The number of carbonyl (C=O) groups excluding carboxylic acids is 1. The molecule has 0 radical (unpaired) electrons. The van der Waals surface area contributed by atoms with Gasteiger partial charge < -0.3 is 9.64 Å². The van der Waals surface area contributed by atoms with Crippen LogP contribution < -0.4 is 0 Å². The maximum Gasteiger partial charge on any atom is 0.345 e. The number of hydrogen-bond donors (Lipinski definition) is 0. The SMILES string of the molecule is O=C(N1CCOCC1)n1ncc2c1-c1ccccc1S(=O)(=O)C2. The van der Waals surface area contributed by atoms with Crippen molar-refractivity contribution in [1.29, 1.82) is 0 Å². The maximum atomic E-state index is 12.7. The van der Waals surface area contributed by atoms with Crippen LogP contribution in [0.3, 0.4) is 0 Å². The van der Waals surface area contributed by atoms with Gasteiger partial charge in [0.15, 0.2) is 9.84 Å². The van der Waals surface area contributed by atoms with Crippen molar-refractivity contribution in [2.24, 2.45) is 0 Å². The number of carbonyl (C=O) groups is 1. The second-order valence-corrected chi connectivity index (χ2v) is 7.53. The van der Waals surface area contributed by atoms with Crippen LogP contribution in [-0.4, -0.2) is 55.4 Å². The van der Waals surface area contributed by atoms with Gasteiger partial charge in [-0.15, -0.1) is 0 Å². The monoisotopic (exact) mass is 333 g/mol. The van der Waals surface area contributed by atoms with Gasteiger partial charge in [-0.25, -0.2) is 13.2 Å². The van der Waals surface area contributed by atoms with Crippen molar-refractivity contribution in [3.8, 4) is 11.3 Å². The summed E-state index contributed by atoms with van der Waals surface area (Å²) in [6, 6.07) is 6.50. The van der Waals surface area contributed by atoms with Gasteiger partial charge in [-0.2, -0.15) is 9.78 Å². The van der Waals surface area contributed by atoms with Gasteiger partial charge >= 0.3 is 6.03 Å². The summed E-state index contributed by atoms with van der Waals surface area (Å²) in [6.45, 7) is 2.02. The molecule has 0 atom stereocenters. The molecule has 3 heterocycles. The van der Waals surface area contributed by atoms with Crippen molar-refractivity contribution in [3.63, 3.8) is 0 Å². The van der Waals surface area contributed by atoms with Gasteiger partial charge in [-0.05, 0) is 6.07 Å². The first-order chi connectivity index (χ1) is 11.1. The van der Waals surface area contributed by atoms with E-state index >= 15 is 0 Å². The number of hydrogen-bond acceptors (Lipinski definition) is 5. The molecule has 2 aliphatic heterocycles. The number of sulfone groups is 1. The van der Waals surface area contributed by atoms with Gasteiger partial charge in [0.25, 0.3) is 0 Å². The quantitative estimate of drug-likeness (QED) is 0.722. The molecule has 2 aliphatic rings. The fraction of sp³-hybridized carbons (Fsp3) is 0.333. The van der Waals surface area contributed by atoms with Crippen molar-refractivity contribution in [2.75, 3.05) is 26.3 Å². The summed E-state index contributed by atoms with van der Waals surface area (Å²) in [5, 5.41) is 4.16. The van der Waals surface area contributed by atoms with Crippen molar-refractivity contribution >= 4 is 15.9 Å². The summed E-state index contributed by atoms with van der Waals surface area (Å²) >= 11 is 0. The fourth-order valence-electron chi connectivity index (χ4n) is 3.02. The first-order valence-electron chi connectivity index (χ1n) is 7.34. The molecule has 120 valence electrons. The van der Waals surface area contributed by atoms with Gasteiger partial charge in [0, 0.05) is 24.2 Å². The van der Waals surface area contributed by atoms with E-state index in [0.717, 1.165) is 0 Å². The highest BCUT2D eigenvalue weighted by atomic mass is 32.2. The normalized spacial score (nSPS) is 19.0. The molecule has 0 N–H and O–H groups in total. The molecule has 0 saturated carbocycles. The van der Waals surface area contributed by atoms with E-state index in [1.807, 2.05) is 0 Å². The van der Waals surface area contributed by atoms with E-state index in [4.69, 9.17) is 4.74 Å². The van der Waals surface area contributed by atoms with Crippen LogP contribution in [0.5, 0.6) is 0 Å². The van der Waals surface area contributed by atoms with Crippen LogP contribution in [0.25, 0.3) is 11.3 Å². The summed E-state index contributed by atoms with van der Waals surface area (Å²) in [7, 11) is -3.39. The minimum atomic E-state index is -3.39. The van der Waals surface area contributed by atoms with Crippen LogP contribution in [0.4, 0.5) is 4.79 Å². The molecule has 1 aromatic heterocycles. The van der Waals surface area contributed by atoms with E-state index in [1.54, 1.807) is 29.2 Å². The van der Waals surface area contributed by atoms with Crippen molar-refractivity contribution in [1.82, 2.24) is 14.7 Å². The molecule has 4 rings (SSSR count). The molecule has 1 aromatic carbocycles. The topological polar surface area (TPSA) is 81.5 Å². The summed E-state index contributed by atoms with van der Waals surface area (Å²) in [5.41, 5.74) is 1.67. The Bertz CT molecular complexity index is 882. The molecule has 23 heavy (non-hydrogen) atoms. The number of fused-ring (bicyclic) bond motifs is 3. The second kappa shape index (κ2) is 5.17. The van der Waals surface area contributed by atoms with Crippen LogP contribution in [0.15, 0.2) is 35.4 Å². The lowest BCUT2D eigenvalue weighted by molar-refractivity contribution is 0.0529. The molecule has 0 bridgehead atoms. The zero-order valence-corrected chi connectivity index (χ0v) is 13.1. The number of ether oxygens (including phenoxy) is 1. The van der Waals surface area contributed by atoms with Crippen LogP contribution >= 0.6 is 0 Å². The molecule has 0 spiro atoms. The number of amides is 1. The molecule has 1 fully saturated rings. The Balaban J connectivity index is 1.83. The lowest BCUT2D eigenvalue weighted by atomic mass is 10.1. The average molecular weight is 333 g/mol. The molecule has 0 unspecified atom stereocenters. The van der Waals surface area contributed by atoms with Gasteiger partial charge in [0.05, 0.1) is 35.8 Å². The molecule has 2 aromatic rings. The molecule has 1 saturated heterocycles. The molecule has 1 amide bonds. The van der Waals surface area contributed by atoms with Gasteiger partial charge in [0.2, 0.25) is 0 Å². The van der Waals surface area contributed by atoms with Gasteiger partial charge in [-0.3, -0.25) is 0 Å². The number of benzene rings is 1. The standard InChI is InChI=1S/C15H15N3O4S/c19-15(17-5-7-22-8-6-17)18-14-11(9-16-18)10-23(20,21)13-4-2-1-3-12(13)14/h1-4,9H,5-8,10H2. The van der Waals surface area contributed by atoms with Crippen molar-refractivity contribution in [2.45, 2.75) is 10.6 Å². The third-order valence-electron chi connectivity index (χ3n) is 4.13. The Morgan fingerprint density at radius 2 is 1.91 bits per heavy atom. The minimum Gasteiger partial charge on any atom is -0.378 e. The lowest BCUT2D eigenvalue weighted by Crippen LogP contribution is -2.43. The van der Waals surface area contributed by atoms with E-state index in [2.05, 4.69) is 5.10 Å². The highest BCUT2D eigenvalue weighted by Gasteiger charge is 2.33. The predicted octanol–water partition coefficient (Wildman–Crippen LogP) is 1.14. The highest BCUT2D eigenvalue weighted by Crippen LogP contribution is 2.37. The van der Waals surface area contributed by atoms with Crippen molar-refractivity contribution < 1.29 is 17.9 Å². The van der Waals surface area contributed by atoms with E-state index in [1.165, 1.54) is 10.9 Å². The zero-order chi connectivity index (χ0) is 16.0. The zero-order valence-electron chi connectivity index (χ0n) is 12.3. The smallest absolute Gasteiger partial charge is 0.345 e. The number of nitrogens with zero attached hydrogens (tertiary/aromatic N) is 3. The summed E-state index contributed by atoms with van der Waals surface area (Å²) in [4.78, 5) is 14.6. The van der Waals surface area contributed by atoms with Crippen LogP contribution in [0.1, 0.15) is 5.56 Å². The number of morpholine rings is 1. The average Bonchev–Trinajstić information content (AvgIpc) is 2.98. The second-order valence-electron chi connectivity index (χ2n) is 5.57. The summed E-state index contributed by atoms with van der Waals surface area (Å²) < 4.78 is 31.3. The summed E-state index contributed by atoms with van der Waals surface area (Å²) in [6.07, 6.45) is 1.47. The maximum absolute atomic E-state index is 12.7. The lowest BCUT2D eigenvalue weighted by Gasteiger charge is -2.27. The Kier molecular flexibility index (Phi) is 3.24. The Hall–Kier alpha value is -2.19. The number of rotatable bonds is 0. The van der Waals surface area contributed by atoms with E-state index in [9.17, 15) is 13.2 Å². The molecule has 0 aliphatic carbocycles. The Labute approximate surface area is 133 Å². The fourth-order valence-corrected chi connectivity index (χ4v) is 4.59. The number of aromatic nitrogens is 2. The van der Waals surface area contributed by atoms with Crippen molar-refractivity contribution in [3.05, 3.63) is 36.0 Å². The third kappa shape index (κ3) is 2.25. The van der Waals surface area contributed by atoms with Crippen LogP contribution in [-0.2, 0) is 20.3 Å². The Morgan fingerprint density at radius 3 is 2.70 bits per heavy atom. The first-order valence-corrected chi connectivity index (χ1v) is 8.99. The van der Waals surface area contributed by atoms with Crippen LogP contribution in [0, 0.1) is 0 Å². The molecular formula is C15H15N3O4S. The largest absolute Gasteiger partial charge is 0.378 e. The van der Waals surface area contributed by atoms with E-state index < -0.39 is 9.84 Å². The highest BCUT2D eigenvalue weighted by molar-refractivity contribution is 7.90. The molecular weight excluding hydrogens is 318 g/mol. The van der Waals surface area contributed by atoms with E-state index in [-0.39, 0.29) is 16.7 Å². The third-order valence-corrected chi connectivity index (χ3v) is 5.85. The van der Waals surface area contributed by atoms with Gasteiger partial charge in [-0.1, -0.05) is 18.2 Å². The molecule has 8 heteroatoms. The van der Waals surface area contributed by atoms with E-state index in [0.29, 0.717) is 43.1 Å². The molecule has 7 nitrogen and oxygen atoms in total. The predicted molar refractivity (Wildman–Crippen MR) is 81.7 cm³/mol. The van der Waals surface area contributed by atoms with Gasteiger partial charge in [0.1, 0.15) is 0 Å². The van der Waals surface area contributed by atoms with Crippen LogP contribution in [0.2, 0.25) is 0 Å². The Morgan fingerprint density at radius 1 is 1.17 bits per heavy atom. The first kappa shape index (κ1) is 14.4. The minimum absolute atomic E-state index is 0.129.